The van der Waals surface area contributed by atoms with Gasteiger partial charge < -0.3 is 9.72 Å². The molecule has 0 aliphatic carbocycles. The van der Waals surface area contributed by atoms with Gasteiger partial charge in [-0.2, -0.15) is 0 Å². The van der Waals surface area contributed by atoms with Gasteiger partial charge in [0.25, 0.3) is 5.69 Å². The first-order valence-corrected chi connectivity index (χ1v) is 8.03. The van der Waals surface area contributed by atoms with Crippen LogP contribution in [0.3, 0.4) is 0 Å². The number of nitro groups is 1. The molecule has 2 aromatic carbocycles. The molecule has 0 aliphatic rings. The Hall–Kier alpha value is -3.67. The molecular formula is C20H15N3O3. The summed E-state index contributed by atoms with van der Waals surface area (Å²) in [6.07, 6.45) is 5.56. The number of ether oxygens (including phenoxy) is 1. The summed E-state index contributed by atoms with van der Waals surface area (Å²) in [4.78, 5) is 18.2. The van der Waals surface area contributed by atoms with Gasteiger partial charge in [-0.05, 0) is 42.0 Å². The van der Waals surface area contributed by atoms with E-state index in [-0.39, 0.29) is 5.69 Å². The number of hydrogen-bond donors (Lipinski definition) is 1. The predicted molar refractivity (Wildman–Crippen MR) is 102 cm³/mol. The first kappa shape index (κ1) is 15.8. The number of aromatic nitrogens is 2. The molecule has 0 saturated carbocycles. The number of methoxy groups -OCH3 is 1. The molecule has 0 saturated heterocycles. The minimum Gasteiger partial charge on any atom is -0.497 e. The highest BCUT2D eigenvalue weighted by Gasteiger charge is 2.08. The van der Waals surface area contributed by atoms with E-state index in [1.165, 1.54) is 12.1 Å². The third-order valence-electron chi connectivity index (χ3n) is 4.29. The van der Waals surface area contributed by atoms with Gasteiger partial charge in [-0.1, -0.05) is 6.08 Å². The summed E-state index contributed by atoms with van der Waals surface area (Å²) in [7, 11) is 1.64. The summed E-state index contributed by atoms with van der Waals surface area (Å²) >= 11 is 0. The van der Waals surface area contributed by atoms with Crippen LogP contribution in [0.1, 0.15) is 11.3 Å². The Morgan fingerprint density at radius 1 is 1.08 bits per heavy atom. The fourth-order valence-corrected chi connectivity index (χ4v) is 2.97. The van der Waals surface area contributed by atoms with E-state index in [1.807, 2.05) is 36.4 Å². The van der Waals surface area contributed by atoms with Crippen LogP contribution in [0.2, 0.25) is 0 Å². The number of rotatable bonds is 4. The van der Waals surface area contributed by atoms with E-state index < -0.39 is 4.92 Å². The molecule has 4 rings (SSSR count). The Morgan fingerprint density at radius 2 is 1.88 bits per heavy atom. The third-order valence-corrected chi connectivity index (χ3v) is 4.29. The molecule has 0 atom stereocenters. The number of fused-ring (bicyclic) bond motifs is 3. The number of aromatic amines is 1. The summed E-state index contributed by atoms with van der Waals surface area (Å²) in [5.74, 6) is 0.792. The Labute approximate surface area is 148 Å². The predicted octanol–water partition coefficient (Wildman–Crippen LogP) is 4.80. The molecule has 4 aromatic rings. The van der Waals surface area contributed by atoms with E-state index in [4.69, 9.17) is 4.74 Å². The average Bonchev–Trinajstić information content (AvgIpc) is 3.05. The fourth-order valence-electron chi connectivity index (χ4n) is 2.97. The van der Waals surface area contributed by atoms with Crippen LogP contribution in [0.25, 0.3) is 34.0 Å². The normalized spacial score (nSPS) is 11.4. The van der Waals surface area contributed by atoms with Crippen molar-refractivity contribution in [2.24, 2.45) is 0 Å². The van der Waals surface area contributed by atoms with Crippen LogP contribution < -0.4 is 4.74 Å². The summed E-state index contributed by atoms with van der Waals surface area (Å²) in [5.41, 5.74) is 3.67. The average molecular weight is 345 g/mol. The summed E-state index contributed by atoms with van der Waals surface area (Å²) < 4.78 is 5.28. The molecule has 2 heterocycles. The number of hydrogen-bond acceptors (Lipinski definition) is 4. The molecule has 0 aliphatic heterocycles. The number of pyridine rings is 1. The van der Waals surface area contributed by atoms with Gasteiger partial charge in [0.15, 0.2) is 0 Å². The van der Waals surface area contributed by atoms with E-state index in [2.05, 4.69) is 9.97 Å². The van der Waals surface area contributed by atoms with E-state index in [9.17, 15) is 10.1 Å². The van der Waals surface area contributed by atoms with Crippen LogP contribution in [-0.4, -0.2) is 22.0 Å². The summed E-state index contributed by atoms with van der Waals surface area (Å²) in [6, 6.07) is 14.3. The lowest BCUT2D eigenvalue weighted by molar-refractivity contribution is -0.384. The maximum Gasteiger partial charge on any atom is 0.269 e. The van der Waals surface area contributed by atoms with Crippen molar-refractivity contribution < 1.29 is 9.66 Å². The van der Waals surface area contributed by atoms with Crippen molar-refractivity contribution in [3.63, 3.8) is 0 Å². The maximum atomic E-state index is 10.7. The zero-order chi connectivity index (χ0) is 18.1. The highest BCUT2D eigenvalue weighted by molar-refractivity contribution is 6.09. The molecule has 1 N–H and O–H groups in total. The monoisotopic (exact) mass is 345 g/mol. The second kappa shape index (κ2) is 6.33. The Morgan fingerprint density at radius 3 is 2.62 bits per heavy atom. The van der Waals surface area contributed by atoms with Gasteiger partial charge in [0.2, 0.25) is 0 Å². The van der Waals surface area contributed by atoms with Crippen LogP contribution in [0.15, 0.2) is 54.7 Å². The second-order valence-corrected chi connectivity index (χ2v) is 5.84. The van der Waals surface area contributed by atoms with Crippen LogP contribution in [-0.2, 0) is 0 Å². The largest absolute Gasteiger partial charge is 0.497 e. The lowest BCUT2D eigenvalue weighted by Gasteiger charge is -1.98. The lowest BCUT2D eigenvalue weighted by atomic mass is 10.1. The van der Waals surface area contributed by atoms with E-state index >= 15 is 0 Å². The summed E-state index contributed by atoms with van der Waals surface area (Å²) in [6.45, 7) is 0. The zero-order valence-corrected chi connectivity index (χ0v) is 14.0. The highest BCUT2D eigenvalue weighted by atomic mass is 16.6. The van der Waals surface area contributed by atoms with Gasteiger partial charge >= 0.3 is 0 Å². The van der Waals surface area contributed by atoms with Crippen molar-refractivity contribution in [1.29, 1.82) is 0 Å². The van der Waals surface area contributed by atoms with Crippen LogP contribution >= 0.6 is 0 Å². The molecule has 0 bridgehead atoms. The van der Waals surface area contributed by atoms with Gasteiger partial charge in [-0.15, -0.1) is 0 Å². The third kappa shape index (κ3) is 2.77. The van der Waals surface area contributed by atoms with Gasteiger partial charge in [0.1, 0.15) is 5.75 Å². The quantitative estimate of drug-likeness (QED) is 0.425. The van der Waals surface area contributed by atoms with E-state index in [1.54, 1.807) is 25.4 Å². The van der Waals surface area contributed by atoms with Crippen molar-refractivity contribution in [2.75, 3.05) is 7.11 Å². The molecule has 0 fully saturated rings. The first-order valence-electron chi connectivity index (χ1n) is 8.03. The minimum atomic E-state index is -0.408. The van der Waals surface area contributed by atoms with Crippen LogP contribution in [0, 0.1) is 10.1 Å². The molecule has 128 valence electrons. The molecule has 0 radical (unpaired) electrons. The highest BCUT2D eigenvalue weighted by Crippen LogP contribution is 2.30. The fraction of sp³-hybridized carbons (Fsp3) is 0.0500. The van der Waals surface area contributed by atoms with Crippen molar-refractivity contribution in [3.8, 4) is 5.75 Å². The number of benzene rings is 2. The van der Waals surface area contributed by atoms with Crippen LogP contribution in [0.5, 0.6) is 5.75 Å². The SMILES string of the molecule is COc1ccc2c(c1)[nH]c1c(/C=C/c3ccc([N+](=O)[O-])cc3)nccc12. The number of non-ortho nitro benzene ring substituents is 1. The topological polar surface area (TPSA) is 81.0 Å². The van der Waals surface area contributed by atoms with Crippen molar-refractivity contribution in [1.82, 2.24) is 9.97 Å². The number of nitrogens with one attached hydrogen (secondary N) is 1. The molecule has 26 heavy (non-hydrogen) atoms. The van der Waals surface area contributed by atoms with Gasteiger partial charge in [0, 0.05) is 35.2 Å². The van der Waals surface area contributed by atoms with Gasteiger partial charge in [-0.25, -0.2) is 0 Å². The number of H-pyrrole nitrogens is 1. The van der Waals surface area contributed by atoms with Gasteiger partial charge in [0.05, 0.1) is 28.8 Å². The standard InChI is InChI=1S/C20H15N3O3/c1-26-15-7-8-16-17-10-11-21-18(20(17)22-19(16)12-15)9-4-13-2-5-14(6-3-13)23(24)25/h2-12,22H,1H3/b9-4+. The zero-order valence-electron chi connectivity index (χ0n) is 14.0. The van der Waals surface area contributed by atoms with Crippen molar-refractivity contribution in [2.45, 2.75) is 0 Å². The van der Waals surface area contributed by atoms with Crippen molar-refractivity contribution in [3.05, 3.63) is 76.1 Å². The Kier molecular flexibility index (Phi) is 3.85. The second-order valence-electron chi connectivity index (χ2n) is 5.84. The Bertz CT molecular complexity index is 1140. The minimum absolute atomic E-state index is 0.0759. The smallest absolute Gasteiger partial charge is 0.269 e. The molecule has 6 heteroatoms. The molecule has 0 amide bonds. The van der Waals surface area contributed by atoms with E-state index in [0.717, 1.165) is 38.8 Å². The number of nitro benzene ring substituents is 1. The van der Waals surface area contributed by atoms with Gasteiger partial charge in [-0.3, -0.25) is 15.1 Å². The maximum absolute atomic E-state index is 10.7. The lowest BCUT2D eigenvalue weighted by Crippen LogP contribution is -1.86. The molecular weight excluding hydrogens is 330 g/mol. The molecule has 0 unspecified atom stereocenters. The van der Waals surface area contributed by atoms with Crippen molar-refractivity contribution >= 4 is 39.6 Å². The summed E-state index contributed by atoms with van der Waals surface area (Å²) in [5, 5.41) is 12.9. The molecule has 0 spiro atoms. The Balaban J connectivity index is 1.75. The molecule has 2 aromatic heterocycles. The van der Waals surface area contributed by atoms with Crippen LogP contribution in [0.4, 0.5) is 5.69 Å². The van der Waals surface area contributed by atoms with E-state index in [0.29, 0.717) is 0 Å². The first-order chi connectivity index (χ1) is 12.7. The molecule has 6 nitrogen and oxygen atoms in total. The number of nitrogens with zero attached hydrogens (tertiary/aromatic N) is 2.